The van der Waals surface area contributed by atoms with Crippen molar-refractivity contribution < 1.29 is 19.2 Å². The van der Waals surface area contributed by atoms with Crippen molar-refractivity contribution in [2.24, 2.45) is 0 Å². The molecule has 1 aromatic heterocycles. The fraction of sp³-hybridized carbons (Fsp3) is 0.393. The van der Waals surface area contributed by atoms with Crippen molar-refractivity contribution in [2.45, 2.75) is 70.7 Å². The van der Waals surface area contributed by atoms with Gasteiger partial charge in [0.1, 0.15) is 11.3 Å². The van der Waals surface area contributed by atoms with Crippen molar-refractivity contribution in [3.8, 4) is 6.07 Å². The van der Waals surface area contributed by atoms with Gasteiger partial charge >= 0.3 is 6.09 Å². The van der Waals surface area contributed by atoms with Crippen LogP contribution in [0.25, 0.3) is 10.9 Å². The van der Waals surface area contributed by atoms with Gasteiger partial charge in [-0.15, -0.1) is 0 Å². The standard InChI is InChI=1S/C28H31N5O5/c1-28(2,3)38-27(35)31-22-11-9-21(10-12-22)30-26(34)25-15-20-8-7-18(16-29)14-24(20)32(25)17-19-5-4-6-23(13-19)33(36)37/h4-8,13-15,21-22H,9-12,17H2,1-3H3,(H,30,34)(H,31,35)/t21-,22-. The van der Waals surface area contributed by atoms with E-state index in [-0.39, 0.29) is 30.2 Å². The maximum atomic E-state index is 13.4. The average Bonchev–Trinajstić information content (AvgIpc) is 3.21. The van der Waals surface area contributed by atoms with Gasteiger partial charge in [0, 0.05) is 36.1 Å². The summed E-state index contributed by atoms with van der Waals surface area (Å²) in [6.07, 6.45) is 2.40. The van der Waals surface area contributed by atoms with Crippen molar-refractivity contribution in [1.29, 1.82) is 5.26 Å². The van der Waals surface area contributed by atoms with E-state index in [4.69, 9.17) is 4.74 Å². The Kier molecular flexibility index (Phi) is 7.67. The molecule has 2 aromatic carbocycles. The highest BCUT2D eigenvalue weighted by Gasteiger charge is 2.27. The summed E-state index contributed by atoms with van der Waals surface area (Å²) in [5.74, 6) is -0.256. The van der Waals surface area contributed by atoms with Crippen LogP contribution in [-0.4, -0.2) is 39.2 Å². The smallest absolute Gasteiger partial charge is 0.407 e. The summed E-state index contributed by atoms with van der Waals surface area (Å²) in [7, 11) is 0. The van der Waals surface area contributed by atoms with E-state index in [2.05, 4.69) is 16.7 Å². The molecule has 1 aliphatic carbocycles. The first-order valence-corrected chi connectivity index (χ1v) is 12.6. The molecule has 10 nitrogen and oxygen atoms in total. The summed E-state index contributed by atoms with van der Waals surface area (Å²) in [5.41, 5.74) is 1.65. The second-order valence-corrected chi connectivity index (χ2v) is 10.6. The number of nitro benzene ring substituents is 1. The van der Waals surface area contributed by atoms with E-state index in [1.54, 1.807) is 41.0 Å². The number of amides is 2. The average molecular weight is 518 g/mol. The number of carbonyl (C=O) groups is 2. The number of non-ortho nitro benzene ring substituents is 1. The van der Waals surface area contributed by atoms with Crippen LogP contribution in [0, 0.1) is 21.4 Å². The number of nitrogens with zero attached hydrogens (tertiary/aromatic N) is 3. The summed E-state index contributed by atoms with van der Waals surface area (Å²) >= 11 is 0. The number of carbonyl (C=O) groups excluding carboxylic acids is 2. The fourth-order valence-electron chi connectivity index (χ4n) is 4.75. The Labute approximate surface area is 220 Å². The highest BCUT2D eigenvalue weighted by Crippen LogP contribution is 2.25. The Morgan fingerprint density at radius 1 is 1.08 bits per heavy atom. The molecule has 1 heterocycles. The molecular weight excluding hydrogens is 486 g/mol. The van der Waals surface area contributed by atoms with Gasteiger partial charge in [0.2, 0.25) is 0 Å². The lowest BCUT2D eigenvalue weighted by Crippen LogP contribution is -2.45. The number of rotatable bonds is 6. The third-order valence-electron chi connectivity index (χ3n) is 6.51. The van der Waals surface area contributed by atoms with Crippen LogP contribution in [-0.2, 0) is 11.3 Å². The quantitative estimate of drug-likeness (QED) is 0.347. The molecule has 198 valence electrons. The van der Waals surface area contributed by atoms with Crippen LogP contribution in [0.4, 0.5) is 10.5 Å². The molecule has 4 rings (SSSR count). The molecule has 1 saturated carbocycles. The van der Waals surface area contributed by atoms with E-state index < -0.39 is 16.6 Å². The van der Waals surface area contributed by atoms with Gasteiger partial charge in [-0.3, -0.25) is 14.9 Å². The van der Waals surface area contributed by atoms with Gasteiger partial charge in [0.05, 0.1) is 22.1 Å². The molecule has 0 saturated heterocycles. The van der Waals surface area contributed by atoms with Crippen molar-refractivity contribution in [1.82, 2.24) is 15.2 Å². The molecule has 1 aliphatic rings. The SMILES string of the molecule is CC(C)(C)OC(=O)N[C@H]1CC[C@H](NC(=O)c2cc3ccc(C#N)cc3n2Cc2cccc([N+](=O)[O-])c2)CC1. The zero-order valence-corrected chi connectivity index (χ0v) is 21.7. The second kappa shape index (κ2) is 10.9. The Balaban J connectivity index is 1.50. The van der Waals surface area contributed by atoms with Gasteiger partial charge < -0.3 is 19.9 Å². The molecule has 0 aliphatic heterocycles. The van der Waals surface area contributed by atoms with Crippen LogP contribution in [0.1, 0.15) is 68.1 Å². The van der Waals surface area contributed by atoms with Gasteiger partial charge in [-0.25, -0.2) is 4.79 Å². The van der Waals surface area contributed by atoms with Crippen LogP contribution in [0.15, 0.2) is 48.5 Å². The lowest BCUT2D eigenvalue weighted by atomic mass is 9.91. The van der Waals surface area contributed by atoms with Crippen molar-refractivity contribution in [3.05, 3.63) is 75.5 Å². The van der Waals surface area contributed by atoms with Crippen LogP contribution < -0.4 is 10.6 Å². The van der Waals surface area contributed by atoms with Gasteiger partial charge in [0.25, 0.3) is 11.6 Å². The predicted octanol–water partition coefficient (Wildman–Crippen LogP) is 5.04. The lowest BCUT2D eigenvalue weighted by Gasteiger charge is -2.30. The summed E-state index contributed by atoms with van der Waals surface area (Å²) < 4.78 is 7.13. The van der Waals surface area contributed by atoms with E-state index in [0.29, 0.717) is 48.0 Å². The summed E-state index contributed by atoms with van der Waals surface area (Å²) in [4.78, 5) is 36.3. The Morgan fingerprint density at radius 3 is 2.39 bits per heavy atom. The highest BCUT2D eigenvalue weighted by atomic mass is 16.6. The molecule has 1 fully saturated rings. The zero-order chi connectivity index (χ0) is 27.4. The number of hydrogen-bond acceptors (Lipinski definition) is 6. The number of nitriles is 1. The monoisotopic (exact) mass is 517 g/mol. The minimum atomic E-state index is -0.563. The van der Waals surface area contributed by atoms with Gasteiger partial charge in [-0.1, -0.05) is 18.2 Å². The van der Waals surface area contributed by atoms with Gasteiger partial charge in [-0.05, 0) is 70.2 Å². The summed E-state index contributed by atoms with van der Waals surface area (Å²) in [5, 5.41) is 27.5. The van der Waals surface area contributed by atoms with Crippen LogP contribution in [0.5, 0.6) is 0 Å². The van der Waals surface area contributed by atoms with Crippen LogP contribution >= 0.6 is 0 Å². The minimum Gasteiger partial charge on any atom is -0.444 e. The number of hydrogen-bond donors (Lipinski definition) is 2. The van der Waals surface area contributed by atoms with E-state index in [0.717, 1.165) is 5.39 Å². The fourth-order valence-corrected chi connectivity index (χ4v) is 4.75. The third-order valence-corrected chi connectivity index (χ3v) is 6.51. The Hall–Kier alpha value is -4.39. The first kappa shape index (κ1) is 26.7. The number of ether oxygens (including phenoxy) is 1. The minimum absolute atomic E-state index is 0.0114. The Morgan fingerprint density at radius 2 is 1.76 bits per heavy atom. The molecule has 0 atom stereocenters. The summed E-state index contributed by atoms with van der Waals surface area (Å²) in [6, 6.07) is 15.3. The van der Waals surface area contributed by atoms with E-state index in [9.17, 15) is 25.0 Å². The normalized spacial score (nSPS) is 17.4. The van der Waals surface area contributed by atoms with Crippen LogP contribution in [0.2, 0.25) is 0 Å². The first-order chi connectivity index (χ1) is 18.0. The molecule has 38 heavy (non-hydrogen) atoms. The number of nitro groups is 1. The van der Waals surface area contributed by atoms with E-state index >= 15 is 0 Å². The van der Waals surface area contributed by atoms with Gasteiger partial charge in [-0.2, -0.15) is 5.26 Å². The van der Waals surface area contributed by atoms with E-state index in [1.807, 2.05) is 20.8 Å². The third kappa shape index (κ3) is 6.48. The number of fused-ring (bicyclic) bond motifs is 1. The van der Waals surface area contributed by atoms with Gasteiger partial charge in [0.15, 0.2) is 0 Å². The summed E-state index contributed by atoms with van der Waals surface area (Å²) in [6.45, 7) is 5.69. The predicted molar refractivity (Wildman–Crippen MR) is 142 cm³/mol. The topological polar surface area (TPSA) is 139 Å². The molecule has 3 aromatic rings. The number of benzene rings is 2. The largest absolute Gasteiger partial charge is 0.444 e. The van der Waals surface area contributed by atoms with E-state index in [1.165, 1.54) is 12.1 Å². The molecule has 0 radical (unpaired) electrons. The number of nitrogens with one attached hydrogen (secondary N) is 2. The van der Waals surface area contributed by atoms with Crippen LogP contribution in [0.3, 0.4) is 0 Å². The number of alkyl carbamates (subject to hydrolysis) is 1. The molecule has 0 bridgehead atoms. The molecule has 2 N–H and O–H groups in total. The second-order valence-electron chi connectivity index (χ2n) is 10.6. The Bertz CT molecular complexity index is 1410. The lowest BCUT2D eigenvalue weighted by molar-refractivity contribution is -0.384. The van der Waals surface area contributed by atoms with Crippen molar-refractivity contribution in [3.63, 3.8) is 0 Å². The maximum absolute atomic E-state index is 13.4. The first-order valence-electron chi connectivity index (χ1n) is 12.6. The maximum Gasteiger partial charge on any atom is 0.407 e. The molecule has 2 amide bonds. The number of aromatic nitrogens is 1. The zero-order valence-electron chi connectivity index (χ0n) is 21.7. The molecule has 0 unspecified atom stereocenters. The molecular formula is C28H31N5O5. The highest BCUT2D eigenvalue weighted by molar-refractivity contribution is 5.99. The van der Waals surface area contributed by atoms with Crippen molar-refractivity contribution >= 4 is 28.6 Å². The molecule has 0 spiro atoms. The van der Waals surface area contributed by atoms with Crippen molar-refractivity contribution in [2.75, 3.05) is 0 Å². The molecule has 10 heteroatoms.